The number of benzene rings is 3. The molecule has 0 saturated heterocycles. The van der Waals surface area contributed by atoms with Gasteiger partial charge in [0.15, 0.2) is 11.6 Å². The molecule has 2 atom stereocenters. The third-order valence-corrected chi connectivity index (χ3v) is 12.4. The number of hydrogen-bond acceptors (Lipinski definition) is 11. The van der Waals surface area contributed by atoms with Crippen molar-refractivity contribution in [2.45, 2.75) is 84.3 Å². The van der Waals surface area contributed by atoms with Crippen LogP contribution in [0.15, 0.2) is 88.4 Å². The van der Waals surface area contributed by atoms with Crippen LogP contribution in [0, 0.1) is 6.92 Å². The third kappa shape index (κ3) is 10.1. The highest BCUT2D eigenvalue weighted by Gasteiger charge is 2.40. The lowest BCUT2D eigenvalue weighted by Gasteiger charge is -2.29. The van der Waals surface area contributed by atoms with Gasteiger partial charge >= 0.3 is 0 Å². The molecule has 1 fully saturated rings. The van der Waals surface area contributed by atoms with Gasteiger partial charge in [0.1, 0.15) is 30.0 Å². The van der Waals surface area contributed by atoms with E-state index in [0.29, 0.717) is 93.5 Å². The fourth-order valence-electron chi connectivity index (χ4n) is 8.82. The summed E-state index contributed by atoms with van der Waals surface area (Å²) in [6, 6.07) is 19.5. The first-order valence-electron chi connectivity index (χ1n) is 21.9. The minimum atomic E-state index is -0.564. The first-order chi connectivity index (χ1) is 31.0. The molecular formula is C49H53ClN6O8. The van der Waals surface area contributed by atoms with Gasteiger partial charge in [-0.2, -0.15) is 0 Å². The van der Waals surface area contributed by atoms with Crippen LogP contribution in [0.4, 0.5) is 5.69 Å². The van der Waals surface area contributed by atoms with E-state index in [2.05, 4.69) is 33.9 Å². The Morgan fingerprint density at radius 3 is 2.30 bits per heavy atom. The van der Waals surface area contributed by atoms with Crippen molar-refractivity contribution in [1.82, 2.24) is 19.7 Å². The van der Waals surface area contributed by atoms with Crippen molar-refractivity contribution in [3.63, 3.8) is 0 Å². The van der Waals surface area contributed by atoms with Crippen LogP contribution < -0.4 is 10.1 Å². The number of carbonyl (C=O) groups excluding carboxylic acids is 4. The highest BCUT2D eigenvalue weighted by atomic mass is 35.5. The highest BCUT2D eigenvalue weighted by molar-refractivity contribution is 6.31. The van der Waals surface area contributed by atoms with Crippen LogP contribution in [0.25, 0.3) is 5.70 Å². The number of nitrogens with one attached hydrogen (secondary N) is 1. The van der Waals surface area contributed by atoms with Crippen LogP contribution in [0.3, 0.4) is 0 Å². The largest absolute Gasteiger partial charge is 0.491 e. The molecule has 4 aromatic rings. The minimum absolute atomic E-state index is 0.0481. The van der Waals surface area contributed by atoms with Crippen molar-refractivity contribution in [1.29, 1.82) is 0 Å². The maximum Gasteiger partial charge on any atom is 0.255 e. The predicted octanol–water partition coefficient (Wildman–Crippen LogP) is 7.47. The molecule has 0 bridgehead atoms. The van der Waals surface area contributed by atoms with Crippen molar-refractivity contribution >= 4 is 52.1 Å². The summed E-state index contributed by atoms with van der Waals surface area (Å²) in [4.78, 5) is 57.7. The first-order valence-corrected chi connectivity index (χ1v) is 22.3. The number of aryl methyl sites for hydroxylation is 2. The van der Waals surface area contributed by atoms with Gasteiger partial charge in [0.2, 0.25) is 5.91 Å². The number of aromatic nitrogens is 3. The first kappa shape index (κ1) is 44.8. The van der Waals surface area contributed by atoms with Gasteiger partial charge in [0, 0.05) is 59.1 Å². The highest BCUT2D eigenvalue weighted by Crippen LogP contribution is 2.42. The second-order valence-electron chi connectivity index (χ2n) is 16.5. The number of amides is 2. The van der Waals surface area contributed by atoms with Gasteiger partial charge in [-0.1, -0.05) is 41.4 Å². The maximum absolute atomic E-state index is 13.5. The Morgan fingerprint density at radius 2 is 1.56 bits per heavy atom. The molecule has 2 aliphatic heterocycles. The SMILES string of the molecule is CC1=C(C)C2=C(C1)n1c(C)nnc1[C@@H](CC(=O)Nc1ccc(OCCOCCOCCOCCCc3cccc4c3CN(C3CCC(=O)CC3=O)C4=O)cc1)N=C2c1ccc(Cl)cc1. The fourth-order valence-corrected chi connectivity index (χ4v) is 8.94. The molecule has 3 aromatic carbocycles. The normalized spacial score (nSPS) is 18.3. The van der Waals surface area contributed by atoms with E-state index in [4.69, 9.17) is 35.5 Å². The zero-order valence-corrected chi connectivity index (χ0v) is 37.2. The van der Waals surface area contributed by atoms with Gasteiger partial charge in [0.05, 0.1) is 57.6 Å². The molecule has 0 radical (unpaired) electrons. The number of nitrogens with zero attached hydrogens (tertiary/aromatic N) is 5. The van der Waals surface area contributed by atoms with Crippen molar-refractivity contribution in [2.24, 2.45) is 4.99 Å². The van der Waals surface area contributed by atoms with Gasteiger partial charge in [-0.15, -0.1) is 10.2 Å². The molecule has 0 spiro atoms. The molecule has 4 aliphatic rings. The summed E-state index contributed by atoms with van der Waals surface area (Å²) in [7, 11) is 0. The number of halogens is 1. The molecule has 334 valence electrons. The Kier molecular flexibility index (Phi) is 14.2. The molecule has 1 N–H and O–H groups in total. The maximum atomic E-state index is 13.5. The van der Waals surface area contributed by atoms with Crippen LogP contribution >= 0.6 is 11.6 Å². The minimum Gasteiger partial charge on any atom is -0.491 e. The number of ether oxygens (including phenoxy) is 4. The van der Waals surface area contributed by atoms with E-state index in [0.717, 1.165) is 64.3 Å². The lowest BCUT2D eigenvalue weighted by atomic mass is 9.92. The second-order valence-corrected chi connectivity index (χ2v) is 17.0. The smallest absolute Gasteiger partial charge is 0.255 e. The number of fused-ring (bicyclic) bond motifs is 3. The average Bonchev–Trinajstić information content (AvgIpc) is 3.90. The van der Waals surface area contributed by atoms with Gasteiger partial charge in [0.25, 0.3) is 5.91 Å². The molecule has 1 unspecified atom stereocenters. The molecule has 64 heavy (non-hydrogen) atoms. The Bertz CT molecular complexity index is 2510. The number of hydrogen-bond donors (Lipinski definition) is 1. The molecule has 14 nitrogen and oxygen atoms in total. The Morgan fingerprint density at radius 1 is 0.844 bits per heavy atom. The summed E-state index contributed by atoms with van der Waals surface area (Å²) in [5, 5.41) is 12.6. The van der Waals surface area contributed by atoms with Gasteiger partial charge in [-0.05, 0) is 99.2 Å². The predicted molar refractivity (Wildman–Crippen MR) is 242 cm³/mol. The van der Waals surface area contributed by atoms with Gasteiger partial charge in [-0.3, -0.25) is 28.7 Å². The molecule has 2 amide bonds. The number of Topliss-reactive ketones (excluding diaryl/α,β-unsaturated/α-hetero) is 2. The summed E-state index contributed by atoms with van der Waals surface area (Å²) in [5.74, 6) is 1.51. The van der Waals surface area contributed by atoms with E-state index in [1.54, 1.807) is 29.2 Å². The molecule has 8 rings (SSSR count). The molecule has 2 aliphatic carbocycles. The summed E-state index contributed by atoms with van der Waals surface area (Å²) in [6.07, 6.45) is 3.03. The van der Waals surface area contributed by atoms with Crippen molar-refractivity contribution < 1.29 is 38.1 Å². The lowest BCUT2D eigenvalue weighted by molar-refractivity contribution is -0.133. The number of anilines is 1. The van der Waals surface area contributed by atoms with Crippen molar-refractivity contribution in [3.8, 4) is 5.75 Å². The summed E-state index contributed by atoms with van der Waals surface area (Å²) in [5.41, 5.74) is 9.63. The van der Waals surface area contributed by atoms with Crippen LogP contribution in [0.1, 0.15) is 97.1 Å². The number of ketones is 2. The second kappa shape index (κ2) is 20.4. The van der Waals surface area contributed by atoms with Crippen LogP contribution in [0.2, 0.25) is 5.02 Å². The average molecular weight is 889 g/mol. The zero-order chi connectivity index (χ0) is 44.7. The number of rotatable bonds is 19. The Balaban J connectivity index is 0.710. The standard InChI is InChI=1S/C49H53ClN6O8/c1-30-26-43-46(31(30)2)47(34-9-11-35(50)12-10-34)52-41(48-54-53-32(3)56(43)48)28-45(59)51-36-13-16-38(17-14-36)64-25-24-63-23-22-62-21-20-61-19-5-7-33-6-4-8-39-40(33)29-55(49(39)60)42-18-15-37(57)27-44(42)58/h4,6,8-14,16-17,41-42H,5,7,15,18-29H2,1-3H3,(H,51,59)/t41-,42?/m1/s1. The molecule has 1 saturated carbocycles. The van der Waals surface area contributed by atoms with Gasteiger partial charge < -0.3 is 29.2 Å². The van der Waals surface area contributed by atoms with Gasteiger partial charge in [-0.25, -0.2) is 0 Å². The van der Waals surface area contributed by atoms with E-state index >= 15 is 0 Å². The lowest BCUT2D eigenvalue weighted by Crippen LogP contribution is -2.44. The number of carbonyl (C=O) groups is 4. The number of aliphatic imine (C=N–C) groups is 1. The van der Waals surface area contributed by atoms with Crippen LogP contribution in [-0.2, 0) is 41.6 Å². The molecule has 1 aromatic heterocycles. The van der Waals surface area contributed by atoms with E-state index < -0.39 is 12.1 Å². The summed E-state index contributed by atoms with van der Waals surface area (Å²) >= 11 is 6.25. The Hall–Kier alpha value is -5.80. The topological polar surface area (TPSA) is 164 Å². The molecular weight excluding hydrogens is 836 g/mol. The van der Waals surface area contributed by atoms with E-state index in [1.165, 1.54) is 5.57 Å². The number of allylic oxidation sites excluding steroid dienone is 4. The summed E-state index contributed by atoms with van der Waals surface area (Å²) in [6.45, 7) is 9.63. The van der Waals surface area contributed by atoms with Crippen LogP contribution in [0.5, 0.6) is 5.75 Å². The quantitative estimate of drug-likeness (QED) is 0.0738. The van der Waals surface area contributed by atoms with E-state index in [9.17, 15) is 19.2 Å². The van der Waals surface area contributed by atoms with E-state index in [1.807, 2.05) is 49.4 Å². The van der Waals surface area contributed by atoms with Crippen molar-refractivity contribution in [2.75, 3.05) is 51.6 Å². The molecule has 3 heterocycles. The van der Waals surface area contributed by atoms with E-state index in [-0.39, 0.29) is 36.2 Å². The Labute approximate surface area is 377 Å². The van der Waals surface area contributed by atoms with Crippen molar-refractivity contribution in [3.05, 3.63) is 122 Å². The third-order valence-electron chi connectivity index (χ3n) is 12.2. The monoisotopic (exact) mass is 888 g/mol. The molecule has 15 heteroatoms. The van der Waals surface area contributed by atoms with Crippen LogP contribution in [-0.4, -0.2) is 101 Å². The fraction of sp³-hybridized carbons (Fsp3) is 0.408. The zero-order valence-electron chi connectivity index (χ0n) is 36.5. The summed E-state index contributed by atoms with van der Waals surface area (Å²) < 4.78 is 25.0.